The first-order chi connectivity index (χ1) is 7.93. The molecule has 2 rings (SSSR count). The highest BCUT2D eigenvalue weighted by molar-refractivity contribution is 8.13. The molecule has 1 aliphatic rings. The highest BCUT2D eigenvalue weighted by Gasteiger charge is 2.39. The van der Waals surface area contributed by atoms with Gasteiger partial charge in [0.05, 0.1) is 5.75 Å². The molecule has 1 aromatic carbocycles. The molecule has 1 aliphatic carbocycles. The summed E-state index contributed by atoms with van der Waals surface area (Å²) in [6.07, 6.45) is 4.01. The van der Waals surface area contributed by atoms with E-state index in [4.69, 9.17) is 10.7 Å². The van der Waals surface area contributed by atoms with Gasteiger partial charge in [0.1, 0.15) is 0 Å². The van der Waals surface area contributed by atoms with Crippen LogP contribution in [0.3, 0.4) is 0 Å². The van der Waals surface area contributed by atoms with Crippen molar-refractivity contribution in [3.05, 3.63) is 35.4 Å². The first kappa shape index (κ1) is 12.9. The number of hydrogen-bond donors (Lipinski definition) is 0. The van der Waals surface area contributed by atoms with Crippen LogP contribution in [0.2, 0.25) is 0 Å². The van der Waals surface area contributed by atoms with Crippen LogP contribution < -0.4 is 0 Å². The molecule has 2 nitrogen and oxygen atoms in total. The van der Waals surface area contributed by atoms with E-state index in [1.807, 2.05) is 31.2 Å². The second-order valence-corrected chi connectivity index (χ2v) is 7.76. The fourth-order valence-electron chi connectivity index (χ4n) is 3.04. The molecule has 0 unspecified atom stereocenters. The van der Waals surface area contributed by atoms with Gasteiger partial charge in [-0.3, -0.25) is 0 Å². The first-order valence-electron chi connectivity index (χ1n) is 5.91. The van der Waals surface area contributed by atoms with Crippen LogP contribution in [0.4, 0.5) is 0 Å². The average Bonchev–Trinajstić information content (AvgIpc) is 2.65. The molecule has 94 valence electrons. The minimum absolute atomic E-state index is 0.0619. The van der Waals surface area contributed by atoms with E-state index in [0.29, 0.717) is 0 Å². The zero-order chi connectivity index (χ0) is 12.5. The van der Waals surface area contributed by atoms with Gasteiger partial charge in [0.15, 0.2) is 0 Å². The Kier molecular flexibility index (Phi) is 3.50. The molecule has 1 aromatic rings. The Balaban J connectivity index is 2.45. The summed E-state index contributed by atoms with van der Waals surface area (Å²) < 4.78 is 22.9. The second-order valence-electron chi connectivity index (χ2n) is 4.99. The Labute approximate surface area is 107 Å². The highest BCUT2D eigenvalue weighted by Crippen LogP contribution is 2.43. The third kappa shape index (κ3) is 2.83. The predicted molar refractivity (Wildman–Crippen MR) is 71.0 cm³/mol. The van der Waals surface area contributed by atoms with Gasteiger partial charge in [-0.05, 0) is 30.9 Å². The molecule has 1 fully saturated rings. The van der Waals surface area contributed by atoms with E-state index in [-0.39, 0.29) is 11.2 Å². The van der Waals surface area contributed by atoms with Gasteiger partial charge in [0.25, 0.3) is 0 Å². The monoisotopic (exact) mass is 272 g/mol. The van der Waals surface area contributed by atoms with Gasteiger partial charge in [-0.25, -0.2) is 8.42 Å². The van der Waals surface area contributed by atoms with Crippen molar-refractivity contribution in [3.8, 4) is 0 Å². The molecule has 0 aliphatic heterocycles. The molecule has 0 amide bonds. The second kappa shape index (κ2) is 4.62. The minimum Gasteiger partial charge on any atom is -0.212 e. The van der Waals surface area contributed by atoms with Crippen LogP contribution in [-0.2, 0) is 14.5 Å². The van der Waals surface area contributed by atoms with E-state index in [2.05, 4.69) is 0 Å². The Morgan fingerprint density at radius 3 is 2.35 bits per heavy atom. The van der Waals surface area contributed by atoms with Crippen molar-refractivity contribution in [1.82, 2.24) is 0 Å². The maximum absolute atomic E-state index is 11.4. The van der Waals surface area contributed by atoms with Crippen molar-refractivity contribution >= 4 is 19.7 Å². The summed E-state index contributed by atoms with van der Waals surface area (Å²) >= 11 is 0. The van der Waals surface area contributed by atoms with Gasteiger partial charge < -0.3 is 0 Å². The van der Waals surface area contributed by atoms with Crippen molar-refractivity contribution < 1.29 is 8.42 Å². The molecule has 0 saturated heterocycles. The fourth-order valence-corrected chi connectivity index (χ4v) is 4.77. The summed E-state index contributed by atoms with van der Waals surface area (Å²) in [5.74, 6) is 0.0619. The Morgan fingerprint density at radius 1 is 1.24 bits per heavy atom. The fraction of sp³-hybridized carbons (Fsp3) is 0.538. The van der Waals surface area contributed by atoms with Gasteiger partial charge in [-0.1, -0.05) is 37.1 Å². The lowest BCUT2D eigenvalue weighted by Crippen LogP contribution is -2.30. The molecule has 0 spiro atoms. The molecular formula is C13H17ClO2S. The molecule has 0 aromatic heterocycles. The topological polar surface area (TPSA) is 34.1 Å². The summed E-state index contributed by atoms with van der Waals surface area (Å²) in [5.41, 5.74) is 2.06. The van der Waals surface area contributed by atoms with E-state index in [1.54, 1.807) is 0 Å². The molecular weight excluding hydrogens is 256 g/mol. The zero-order valence-electron chi connectivity index (χ0n) is 9.95. The molecule has 0 heterocycles. The lowest BCUT2D eigenvalue weighted by atomic mass is 9.78. The van der Waals surface area contributed by atoms with E-state index in [0.717, 1.165) is 36.8 Å². The van der Waals surface area contributed by atoms with Gasteiger partial charge in [0.2, 0.25) is 9.05 Å². The lowest BCUT2D eigenvalue weighted by Gasteiger charge is -2.29. The smallest absolute Gasteiger partial charge is 0.212 e. The maximum Gasteiger partial charge on any atom is 0.233 e. The number of benzene rings is 1. The quantitative estimate of drug-likeness (QED) is 0.791. The maximum atomic E-state index is 11.4. The van der Waals surface area contributed by atoms with E-state index in [9.17, 15) is 8.42 Å². The Morgan fingerprint density at radius 2 is 1.82 bits per heavy atom. The molecule has 0 N–H and O–H groups in total. The van der Waals surface area contributed by atoms with Crippen molar-refractivity contribution in [2.24, 2.45) is 0 Å². The largest absolute Gasteiger partial charge is 0.233 e. The van der Waals surface area contributed by atoms with Gasteiger partial charge in [-0.15, -0.1) is 0 Å². The first-order valence-corrected chi connectivity index (χ1v) is 8.39. The van der Waals surface area contributed by atoms with Crippen molar-refractivity contribution in [3.63, 3.8) is 0 Å². The van der Waals surface area contributed by atoms with Gasteiger partial charge in [-0.2, -0.15) is 0 Å². The number of hydrogen-bond acceptors (Lipinski definition) is 2. The third-order valence-electron chi connectivity index (χ3n) is 3.73. The van der Waals surface area contributed by atoms with Crippen LogP contribution in [0.1, 0.15) is 36.8 Å². The zero-order valence-corrected chi connectivity index (χ0v) is 11.5. The van der Waals surface area contributed by atoms with Crippen LogP contribution in [0.15, 0.2) is 24.3 Å². The van der Waals surface area contributed by atoms with Crippen LogP contribution >= 0.6 is 10.7 Å². The molecule has 4 heteroatoms. The summed E-state index contributed by atoms with van der Waals surface area (Å²) in [6, 6.07) is 8.04. The van der Waals surface area contributed by atoms with Crippen molar-refractivity contribution in [1.29, 1.82) is 0 Å². The van der Waals surface area contributed by atoms with Crippen molar-refractivity contribution in [2.45, 2.75) is 38.0 Å². The van der Waals surface area contributed by atoms with E-state index >= 15 is 0 Å². The number of aryl methyl sites for hydroxylation is 1. The molecule has 0 radical (unpaired) electrons. The number of halogens is 1. The van der Waals surface area contributed by atoms with Gasteiger partial charge in [0, 0.05) is 16.1 Å². The van der Waals surface area contributed by atoms with Crippen LogP contribution in [0.25, 0.3) is 0 Å². The SMILES string of the molecule is Cc1ccccc1C1(CS(=O)(=O)Cl)CCCC1. The number of rotatable bonds is 3. The van der Waals surface area contributed by atoms with Crippen molar-refractivity contribution in [2.75, 3.05) is 5.75 Å². The highest BCUT2D eigenvalue weighted by atomic mass is 35.7. The molecule has 17 heavy (non-hydrogen) atoms. The third-order valence-corrected chi connectivity index (χ3v) is 4.95. The summed E-state index contributed by atoms with van der Waals surface area (Å²) in [5, 5.41) is 0. The Hall–Kier alpha value is -0.540. The van der Waals surface area contributed by atoms with E-state index in [1.165, 1.54) is 0 Å². The summed E-state index contributed by atoms with van der Waals surface area (Å²) in [7, 11) is 2.02. The predicted octanol–water partition coefficient (Wildman–Crippen LogP) is 3.38. The lowest BCUT2D eigenvalue weighted by molar-refractivity contribution is 0.483. The minimum atomic E-state index is -3.46. The Bertz CT molecular complexity index is 502. The van der Waals surface area contributed by atoms with E-state index < -0.39 is 9.05 Å². The normalized spacial score (nSPS) is 19.4. The average molecular weight is 273 g/mol. The van der Waals surface area contributed by atoms with Crippen LogP contribution in [0.5, 0.6) is 0 Å². The summed E-state index contributed by atoms with van der Waals surface area (Å²) in [4.78, 5) is 0. The molecule has 0 bridgehead atoms. The van der Waals surface area contributed by atoms with Crippen LogP contribution in [0, 0.1) is 6.92 Å². The molecule has 0 atom stereocenters. The summed E-state index contributed by atoms with van der Waals surface area (Å²) in [6.45, 7) is 2.04. The van der Waals surface area contributed by atoms with Crippen LogP contribution in [-0.4, -0.2) is 14.2 Å². The van der Waals surface area contributed by atoms with Gasteiger partial charge >= 0.3 is 0 Å². The molecule has 1 saturated carbocycles. The standard InChI is InChI=1S/C13H17ClO2S/c1-11-6-2-3-7-12(11)13(8-4-5-9-13)10-17(14,15)16/h2-3,6-7H,4-5,8-10H2,1H3.